The molecular formula is C24H40N2O4. The quantitative estimate of drug-likeness (QED) is 0.362. The summed E-state index contributed by atoms with van der Waals surface area (Å²) in [6, 6.07) is 10.5. The number of benzene rings is 1. The van der Waals surface area contributed by atoms with Gasteiger partial charge in [0.25, 0.3) is 0 Å². The summed E-state index contributed by atoms with van der Waals surface area (Å²) < 4.78 is 10.4. The molecule has 0 aliphatic carbocycles. The summed E-state index contributed by atoms with van der Waals surface area (Å²) in [5, 5.41) is 2.79. The second-order valence-electron chi connectivity index (χ2n) is 8.70. The molecule has 0 spiro atoms. The molecule has 0 aromatic heterocycles. The zero-order chi connectivity index (χ0) is 22.4. The van der Waals surface area contributed by atoms with Crippen LogP contribution in [0.4, 0.5) is 4.79 Å². The molecule has 1 aromatic carbocycles. The van der Waals surface area contributed by atoms with Crippen molar-refractivity contribution < 1.29 is 19.1 Å². The third-order valence-electron chi connectivity index (χ3n) is 4.74. The van der Waals surface area contributed by atoms with Gasteiger partial charge in [0.2, 0.25) is 0 Å². The molecule has 0 heterocycles. The van der Waals surface area contributed by atoms with E-state index in [1.54, 1.807) is 0 Å². The molecule has 30 heavy (non-hydrogen) atoms. The first-order valence-electron chi connectivity index (χ1n) is 11.1. The van der Waals surface area contributed by atoms with E-state index < -0.39 is 5.60 Å². The number of alkyl carbamates (subject to hydrolysis) is 1. The zero-order valence-corrected chi connectivity index (χ0v) is 19.4. The Morgan fingerprint density at radius 3 is 2.37 bits per heavy atom. The first-order valence-corrected chi connectivity index (χ1v) is 11.1. The molecule has 0 bridgehead atoms. The molecule has 1 rings (SSSR count). The lowest BCUT2D eigenvalue weighted by atomic mass is 10.0. The molecule has 0 aliphatic heterocycles. The van der Waals surface area contributed by atoms with Crippen molar-refractivity contribution in [2.45, 2.75) is 84.4 Å². The van der Waals surface area contributed by atoms with Gasteiger partial charge in [-0.15, -0.1) is 0 Å². The molecule has 0 aliphatic rings. The fourth-order valence-electron chi connectivity index (χ4n) is 3.25. The van der Waals surface area contributed by atoms with Gasteiger partial charge in [0, 0.05) is 19.1 Å². The minimum absolute atomic E-state index is 0.135. The number of nitrogens with one attached hydrogen (secondary N) is 1. The summed E-state index contributed by atoms with van der Waals surface area (Å²) in [6.07, 6.45) is 5.05. The summed E-state index contributed by atoms with van der Waals surface area (Å²) in [5.74, 6) is -0.135. The first-order chi connectivity index (χ1) is 14.2. The molecule has 0 fully saturated rings. The Hall–Kier alpha value is -2.08. The Morgan fingerprint density at radius 2 is 1.73 bits per heavy atom. The largest absolute Gasteiger partial charge is 0.466 e. The van der Waals surface area contributed by atoms with E-state index in [1.807, 2.05) is 45.9 Å². The van der Waals surface area contributed by atoms with Crippen LogP contribution in [0.3, 0.4) is 0 Å². The Balaban J connectivity index is 2.35. The van der Waals surface area contributed by atoms with Gasteiger partial charge in [-0.3, -0.25) is 9.69 Å². The molecule has 6 heteroatoms. The normalized spacial score (nSPS) is 12.5. The lowest BCUT2D eigenvalue weighted by Crippen LogP contribution is -2.34. The number of unbranched alkanes of at least 4 members (excludes halogenated alkanes) is 3. The van der Waals surface area contributed by atoms with Crippen LogP contribution in [0.2, 0.25) is 0 Å². The topological polar surface area (TPSA) is 67.9 Å². The van der Waals surface area contributed by atoms with Gasteiger partial charge in [-0.05, 0) is 53.1 Å². The second-order valence-corrected chi connectivity index (χ2v) is 8.70. The van der Waals surface area contributed by atoms with Crippen LogP contribution in [-0.2, 0) is 20.8 Å². The number of carbonyl (C=O) groups is 2. The second kappa shape index (κ2) is 14.0. The van der Waals surface area contributed by atoms with Gasteiger partial charge in [0.15, 0.2) is 0 Å². The lowest BCUT2D eigenvalue weighted by molar-refractivity contribution is -0.144. The van der Waals surface area contributed by atoms with Gasteiger partial charge in [0.1, 0.15) is 5.60 Å². The molecule has 170 valence electrons. The summed E-state index contributed by atoms with van der Waals surface area (Å²) >= 11 is 0. The van der Waals surface area contributed by atoms with Crippen LogP contribution in [0.5, 0.6) is 0 Å². The molecule has 0 saturated heterocycles. The van der Waals surface area contributed by atoms with Crippen LogP contribution in [0.1, 0.15) is 71.8 Å². The predicted molar refractivity (Wildman–Crippen MR) is 120 cm³/mol. The number of carbonyl (C=O) groups excluding carboxylic acids is 2. The number of nitrogens with zero attached hydrogens (tertiary/aromatic N) is 1. The number of rotatable bonds is 13. The maximum atomic E-state index is 12.0. The Kier molecular flexibility index (Phi) is 12.1. The van der Waals surface area contributed by atoms with E-state index >= 15 is 0 Å². The average molecular weight is 421 g/mol. The fourth-order valence-corrected chi connectivity index (χ4v) is 3.25. The number of hydrogen-bond donors (Lipinski definition) is 1. The molecule has 0 saturated carbocycles. The van der Waals surface area contributed by atoms with Crippen molar-refractivity contribution in [3.8, 4) is 0 Å². The molecule has 1 N–H and O–H groups in total. The standard InChI is InChI=1S/C24H40N2O4/c1-6-29-22(27)18-21(26(5)19-20-14-10-9-11-15-20)16-12-7-8-13-17-25-23(28)30-24(2,3)4/h9-11,14-15,21H,6-8,12-13,16-19H2,1-5H3,(H,25,28). The van der Waals surface area contributed by atoms with Gasteiger partial charge in [0.05, 0.1) is 13.0 Å². The van der Waals surface area contributed by atoms with Crippen molar-refractivity contribution in [1.82, 2.24) is 10.2 Å². The van der Waals surface area contributed by atoms with Gasteiger partial charge < -0.3 is 14.8 Å². The predicted octanol–water partition coefficient (Wildman–Crippen LogP) is 4.92. The molecule has 1 atom stereocenters. The maximum Gasteiger partial charge on any atom is 0.407 e. The van der Waals surface area contributed by atoms with E-state index in [2.05, 4.69) is 29.4 Å². The number of ether oxygens (including phenoxy) is 2. The van der Waals surface area contributed by atoms with Gasteiger partial charge in [-0.25, -0.2) is 4.79 Å². The van der Waals surface area contributed by atoms with Crippen molar-refractivity contribution in [2.75, 3.05) is 20.2 Å². The number of hydrogen-bond acceptors (Lipinski definition) is 5. The van der Waals surface area contributed by atoms with Crippen LogP contribution >= 0.6 is 0 Å². The SMILES string of the molecule is CCOC(=O)CC(CCCCCCNC(=O)OC(C)(C)C)N(C)Cc1ccccc1. The highest BCUT2D eigenvalue weighted by Crippen LogP contribution is 2.16. The minimum Gasteiger partial charge on any atom is -0.466 e. The van der Waals surface area contributed by atoms with E-state index in [0.29, 0.717) is 19.6 Å². The van der Waals surface area contributed by atoms with E-state index in [4.69, 9.17) is 9.47 Å². The number of esters is 1. The first kappa shape index (κ1) is 26.0. The van der Waals surface area contributed by atoms with Crippen molar-refractivity contribution in [2.24, 2.45) is 0 Å². The summed E-state index contributed by atoms with van der Waals surface area (Å²) in [7, 11) is 2.07. The molecule has 1 aromatic rings. The zero-order valence-electron chi connectivity index (χ0n) is 19.4. The van der Waals surface area contributed by atoms with Crippen molar-refractivity contribution in [1.29, 1.82) is 0 Å². The van der Waals surface area contributed by atoms with E-state index in [-0.39, 0.29) is 18.1 Å². The van der Waals surface area contributed by atoms with Crippen LogP contribution in [0, 0.1) is 0 Å². The van der Waals surface area contributed by atoms with Gasteiger partial charge in [-0.1, -0.05) is 49.6 Å². The van der Waals surface area contributed by atoms with E-state index in [9.17, 15) is 9.59 Å². The highest BCUT2D eigenvalue weighted by Gasteiger charge is 2.19. The minimum atomic E-state index is -0.468. The van der Waals surface area contributed by atoms with Crippen LogP contribution in [0.15, 0.2) is 30.3 Å². The lowest BCUT2D eigenvalue weighted by Gasteiger charge is -2.27. The van der Waals surface area contributed by atoms with Crippen LogP contribution in [-0.4, -0.2) is 48.8 Å². The van der Waals surface area contributed by atoms with Crippen molar-refractivity contribution in [3.63, 3.8) is 0 Å². The average Bonchev–Trinajstić information content (AvgIpc) is 2.65. The molecule has 6 nitrogen and oxygen atoms in total. The Labute approximate surface area is 182 Å². The third-order valence-corrected chi connectivity index (χ3v) is 4.74. The third kappa shape index (κ3) is 12.5. The number of amides is 1. The Bertz CT molecular complexity index is 613. The molecule has 1 unspecified atom stereocenters. The molecular weight excluding hydrogens is 380 g/mol. The van der Waals surface area contributed by atoms with Crippen LogP contribution < -0.4 is 5.32 Å². The van der Waals surface area contributed by atoms with E-state index in [1.165, 1.54) is 5.56 Å². The summed E-state index contributed by atoms with van der Waals surface area (Å²) in [6.45, 7) is 9.25. The fraction of sp³-hybridized carbons (Fsp3) is 0.667. The highest BCUT2D eigenvalue weighted by molar-refractivity contribution is 5.70. The van der Waals surface area contributed by atoms with Crippen molar-refractivity contribution in [3.05, 3.63) is 35.9 Å². The summed E-state index contributed by atoms with van der Waals surface area (Å²) in [5.41, 5.74) is 0.770. The monoisotopic (exact) mass is 420 g/mol. The van der Waals surface area contributed by atoms with Crippen LogP contribution in [0.25, 0.3) is 0 Å². The molecule has 0 radical (unpaired) electrons. The maximum absolute atomic E-state index is 12.0. The molecule has 1 amide bonds. The summed E-state index contributed by atoms with van der Waals surface area (Å²) in [4.78, 5) is 25.9. The van der Waals surface area contributed by atoms with Gasteiger partial charge >= 0.3 is 12.1 Å². The smallest absolute Gasteiger partial charge is 0.407 e. The van der Waals surface area contributed by atoms with E-state index in [0.717, 1.165) is 38.6 Å². The highest BCUT2D eigenvalue weighted by atomic mass is 16.6. The van der Waals surface area contributed by atoms with Gasteiger partial charge in [-0.2, -0.15) is 0 Å². The van der Waals surface area contributed by atoms with Crippen molar-refractivity contribution >= 4 is 12.1 Å². The Morgan fingerprint density at radius 1 is 1.07 bits per heavy atom.